The lowest BCUT2D eigenvalue weighted by Crippen LogP contribution is -2.73. The highest BCUT2D eigenvalue weighted by molar-refractivity contribution is 6.23. The minimum Gasteiger partial charge on any atom is -0.459 e. The number of carbonyl (C=O) groups is 3. The lowest BCUT2D eigenvalue weighted by molar-refractivity contribution is -0.257. The fourth-order valence-electron chi connectivity index (χ4n) is 6.52. The van der Waals surface area contributed by atoms with Gasteiger partial charge in [-0.25, -0.2) is 0 Å². The number of rotatable bonds is 4. The Labute approximate surface area is 220 Å². The number of allylic oxidation sites excluding steroid dienone is 1. The van der Waals surface area contributed by atoms with Gasteiger partial charge < -0.3 is 34.3 Å². The van der Waals surface area contributed by atoms with E-state index in [0.29, 0.717) is 6.42 Å². The second-order valence-electron chi connectivity index (χ2n) is 11.0. The molecule has 1 saturated carbocycles. The molecule has 37 heavy (non-hydrogen) atoms. The zero-order valence-electron chi connectivity index (χ0n) is 21.5. The van der Waals surface area contributed by atoms with E-state index in [-0.39, 0.29) is 12.0 Å². The van der Waals surface area contributed by atoms with E-state index in [1.54, 1.807) is 13.8 Å². The molecule has 0 aromatic rings. The fourth-order valence-corrected chi connectivity index (χ4v) is 6.85. The first-order valence-corrected chi connectivity index (χ1v) is 12.9. The largest absolute Gasteiger partial charge is 0.459 e. The third-order valence-electron chi connectivity index (χ3n) is 8.57. The van der Waals surface area contributed by atoms with Gasteiger partial charge in [0.1, 0.15) is 17.8 Å². The maximum Gasteiger partial charge on any atom is 0.312 e. The Balaban J connectivity index is 1.96. The molecule has 2 aliphatic carbocycles. The van der Waals surface area contributed by atoms with E-state index < -0.39 is 88.4 Å². The first kappa shape index (κ1) is 28.0. The topological polar surface area (TPSA) is 152 Å². The molecule has 11 heteroatoms. The molecule has 12 atom stereocenters. The molecule has 0 spiro atoms. The Hall–Kier alpha value is -1.98. The summed E-state index contributed by atoms with van der Waals surface area (Å²) in [7, 11) is 0. The van der Waals surface area contributed by atoms with Gasteiger partial charge in [-0.3, -0.25) is 14.4 Å². The molecule has 0 bridgehead atoms. The van der Waals surface area contributed by atoms with Gasteiger partial charge in [0.15, 0.2) is 17.8 Å². The van der Waals surface area contributed by atoms with Gasteiger partial charge in [-0.05, 0) is 25.8 Å². The summed E-state index contributed by atoms with van der Waals surface area (Å²) in [6, 6.07) is 0. The molecule has 0 aromatic heterocycles. The smallest absolute Gasteiger partial charge is 0.312 e. The Morgan fingerprint density at radius 2 is 1.84 bits per heavy atom. The number of hydrogen-bond acceptors (Lipinski definition) is 10. The molecule has 0 aromatic carbocycles. The van der Waals surface area contributed by atoms with Crippen LogP contribution in [0.2, 0.25) is 0 Å². The van der Waals surface area contributed by atoms with Crippen LogP contribution in [-0.2, 0) is 33.3 Å². The summed E-state index contributed by atoms with van der Waals surface area (Å²) in [5.74, 6) is -4.71. The number of aliphatic hydroxyl groups is 3. The molecule has 206 valence electrons. The van der Waals surface area contributed by atoms with Gasteiger partial charge in [0.2, 0.25) is 0 Å². The average Bonchev–Trinajstić information content (AvgIpc) is 3.57. The number of alkyl halides is 1. The number of hydrogen-bond donors (Lipinski definition) is 3. The Kier molecular flexibility index (Phi) is 7.08. The molecule has 0 amide bonds. The van der Waals surface area contributed by atoms with Crippen molar-refractivity contribution >= 4 is 29.5 Å². The number of carbonyl (C=O) groups excluding carboxylic acids is 3. The van der Waals surface area contributed by atoms with Gasteiger partial charge in [-0.15, -0.1) is 11.6 Å². The van der Waals surface area contributed by atoms with Crippen LogP contribution in [-0.4, -0.2) is 86.4 Å². The van der Waals surface area contributed by atoms with Crippen LogP contribution in [0.4, 0.5) is 0 Å². The molecule has 3 fully saturated rings. The molecule has 0 radical (unpaired) electrons. The lowest BCUT2D eigenvalue weighted by Gasteiger charge is -2.56. The fraction of sp³-hybridized carbons (Fsp3) is 0.731. The summed E-state index contributed by atoms with van der Waals surface area (Å²) < 4.78 is 22.8. The van der Waals surface area contributed by atoms with Crippen LogP contribution in [0.5, 0.6) is 0 Å². The van der Waals surface area contributed by atoms with Crippen LogP contribution in [0.3, 0.4) is 0 Å². The zero-order chi connectivity index (χ0) is 27.7. The predicted octanol–water partition coefficient (Wildman–Crippen LogP) is 1.17. The highest BCUT2D eigenvalue weighted by atomic mass is 35.5. The van der Waals surface area contributed by atoms with Crippen molar-refractivity contribution in [3.05, 3.63) is 24.3 Å². The molecule has 3 N–H and O–H groups in total. The molecule has 2 heterocycles. The summed E-state index contributed by atoms with van der Waals surface area (Å²) in [4.78, 5) is 37.8. The van der Waals surface area contributed by atoms with E-state index in [1.807, 2.05) is 0 Å². The molecular formula is C26H35ClO10. The van der Waals surface area contributed by atoms with Crippen LogP contribution in [0.15, 0.2) is 24.3 Å². The normalized spacial score (nSPS) is 49.6. The predicted molar refractivity (Wildman–Crippen MR) is 129 cm³/mol. The Morgan fingerprint density at radius 1 is 1.19 bits per heavy atom. The highest BCUT2D eigenvalue weighted by Gasteiger charge is 2.78. The quantitative estimate of drug-likeness (QED) is 0.204. The Morgan fingerprint density at radius 3 is 2.43 bits per heavy atom. The Bertz CT molecular complexity index is 1020. The van der Waals surface area contributed by atoms with E-state index in [1.165, 1.54) is 26.0 Å². The van der Waals surface area contributed by atoms with Crippen LogP contribution in [0, 0.1) is 17.3 Å². The summed E-state index contributed by atoms with van der Waals surface area (Å²) in [6.07, 6.45) is -3.54. The summed E-state index contributed by atoms with van der Waals surface area (Å²) in [5, 5.41) is 34.7. The minimum atomic E-state index is -2.25. The number of fused-ring (bicyclic) bond motifs is 4. The van der Waals surface area contributed by atoms with Crippen molar-refractivity contribution in [3.8, 4) is 0 Å². The first-order valence-electron chi connectivity index (χ1n) is 12.5. The maximum absolute atomic E-state index is 12.8. The second-order valence-corrected chi connectivity index (χ2v) is 11.5. The van der Waals surface area contributed by atoms with Crippen LogP contribution in [0.25, 0.3) is 0 Å². The molecule has 10 nitrogen and oxygen atoms in total. The molecule has 2 aliphatic heterocycles. The third-order valence-corrected chi connectivity index (χ3v) is 9.08. The molecule has 4 aliphatic rings. The van der Waals surface area contributed by atoms with E-state index in [0.717, 1.165) is 6.92 Å². The number of aliphatic hydroxyl groups excluding tert-OH is 1. The van der Waals surface area contributed by atoms with Gasteiger partial charge in [0.05, 0.1) is 23.5 Å². The summed E-state index contributed by atoms with van der Waals surface area (Å²) >= 11 is 6.62. The first-order chi connectivity index (χ1) is 17.1. The van der Waals surface area contributed by atoms with Crippen LogP contribution in [0.1, 0.15) is 47.5 Å². The van der Waals surface area contributed by atoms with Crippen LogP contribution >= 0.6 is 11.6 Å². The molecular weight excluding hydrogens is 508 g/mol. The summed E-state index contributed by atoms with van der Waals surface area (Å²) in [5.41, 5.74) is -5.40. The van der Waals surface area contributed by atoms with E-state index >= 15 is 0 Å². The van der Waals surface area contributed by atoms with Crippen molar-refractivity contribution in [2.24, 2.45) is 17.3 Å². The standard InChI is InChI=1S/C26H35ClO10/c1-7-8-15(30)35-21-17-20(36-17)24(5)14(29)10-9-11(2)16(27)19-26(33,12(3)23(31)37-19)22(34-13(4)28)18(24)25(21,6)32/h9-10,12,14,16-22,29,32-33H,2,7-8H2,1,3-6H3/b10-9-/t12-,14-,16-,17+,18+,19-,20-,21+,22-,24+,25-,26-/m0/s1. The van der Waals surface area contributed by atoms with Gasteiger partial charge in [0.25, 0.3) is 0 Å². The van der Waals surface area contributed by atoms with Crippen molar-refractivity contribution < 1.29 is 48.7 Å². The third kappa shape index (κ3) is 4.12. The lowest BCUT2D eigenvalue weighted by atomic mass is 9.52. The SMILES string of the molecule is C=C1/C=C\[C@H](O)[C@@]2(C)[C@H]3O[C@H]3[C@@H](OC(=O)CCC)[C@@](C)(O)[C@@H]2[C@H](OC(C)=O)[C@]2(O)[C@@H](C)C(=O)O[C@H]2[C@H]1Cl. The van der Waals surface area contributed by atoms with Crippen molar-refractivity contribution in [1.82, 2.24) is 0 Å². The van der Waals surface area contributed by atoms with E-state index in [2.05, 4.69) is 6.58 Å². The zero-order valence-corrected chi connectivity index (χ0v) is 22.3. The molecule has 0 unspecified atom stereocenters. The summed E-state index contributed by atoms with van der Waals surface area (Å²) in [6.45, 7) is 11.3. The second kappa shape index (κ2) is 9.34. The van der Waals surface area contributed by atoms with E-state index in [4.69, 9.17) is 30.5 Å². The highest BCUT2D eigenvalue weighted by Crippen LogP contribution is 2.62. The van der Waals surface area contributed by atoms with E-state index in [9.17, 15) is 29.7 Å². The van der Waals surface area contributed by atoms with Crippen LogP contribution < -0.4 is 0 Å². The minimum absolute atomic E-state index is 0.103. The number of esters is 3. The van der Waals surface area contributed by atoms with Crippen molar-refractivity contribution in [3.63, 3.8) is 0 Å². The molecule has 2 saturated heterocycles. The van der Waals surface area contributed by atoms with Crippen molar-refractivity contribution in [2.75, 3.05) is 0 Å². The molecule has 4 rings (SSSR count). The maximum atomic E-state index is 12.8. The van der Waals surface area contributed by atoms with Crippen molar-refractivity contribution in [2.45, 2.75) is 101 Å². The monoisotopic (exact) mass is 542 g/mol. The number of epoxide rings is 1. The van der Waals surface area contributed by atoms with Gasteiger partial charge >= 0.3 is 17.9 Å². The number of ether oxygens (including phenoxy) is 4. The number of halogens is 1. The van der Waals surface area contributed by atoms with Gasteiger partial charge in [-0.1, -0.05) is 32.6 Å². The average molecular weight is 543 g/mol. The van der Waals surface area contributed by atoms with Crippen molar-refractivity contribution in [1.29, 1.82) is 0 Å². The van der Waals surface area contributed by atoms with Gasteiger partial charge in [-0.2, -0.15) is 0 Å². The van der Waals surface area contributed by atoms with Gasteiger partial charge in [0, 0.05) is 24.7 Å².